The Kier molecular flexibility index (Phi) is 3.60. The average molecular weight is 263 g/mol. The van der Waals surface area contributed by atoms with Crippen molar-refractivity contribution in [1.29, 1.82) is 0 Å². The Bertz CT molecular complexity index is 638. The fourth-order valence-electron chi connectivity index (χ4n) is 2.88. The maximum Gasteiger partial charge on any atom is 0.0397 e. The van der Waals surface area contributed by atoms with E-state index >= 15 is 0 Å². The Morgan fingerprint density at radius 2 is 1.65 bits per heavy atom. The molecule has 1 nitrogen and oxygen atoms in total. The summed E-state index contributed by atoms with van der Waals surface area (Å²) in [6.07, 6.45) is 4.60. The molecule has 1 aliphatic carbocycles. The second-order valence-electron chi connectivity index (χ2n) is 5.60. The third kappa shape index (κ3) is 2.62. The lowest BCUT2D eigenvalue weighted by Crippen LogP contribution is -2.16. The van der Waals surface area contributed by atoms with Crippen molar-refractivity contribution in [3.05, 3.63) is 76.0 Å². The lowest BCUT2D eigenvalue weighted by Gasteiger charge is -2.21. The zero-order valence-corrected chi connectivity index (χ0v) is 12.2. The van der Waals surface area contributed by atoms with E-state index in [0.717, 1.165) is 19.4 Å². The van der Waals surface area contributed by atoms with Crippen molar-refractivity contribution in [2.75, 3.05) is 0 Å². The molecule has 20 heavy (non-hydrogen) atoms. The minimum Gasteiger partial charge on any atom is -0.384 e. The quantitative estimate of drug-likeness (QED) is 0.866. The molecule has 0 atom stereocenters. The molecule has 0 unspecified atom stereocenters. The number of fused-ring (bicyclic) bond motifs is 1. The molecular formula is C19H21N. The minimum absolute atomic E-state index is 0.910. The summed E-state index contributed by atoms with van der Waals surface area (Å²) in [5.74, 6) is 0. The largest absolute Gasteiger partial charge is 0.384 e. The second kappa shape index (κ2) is 5.54. The molecule has 102 valence electrons. The molecule has 2 aromatic carbocycles. The predicted molar refractivity (Wildman–Crippen MR) is 85.5 cm³/mol. The summed E-state index contributed by atoms with van der Waals surface area (Å²) < 4.78 is 0. The first-order chi connectivity index (χ1) is 9.74. The van der Waals surface area contributed by atoms with Crippen LogP contribution < -0.4 is 5.32 Å². The number of rotatable bonds is 3. The van der Waals surface area contributed by atoms with E-state index in [0.29, 0.717) is 0 Å². The Morgan fingerprint density at radius 3 is 2.45 bits per heavy atom. The van der Waals surface area contributed by atoms with Crippen molar-refractivity contribution in [1.82, 2.24) is 5.32 Å². The monoisotopic (exact) mass is 263 g/mol. The zero-order chi connectivity index (χ0) is 13.9. The molecule has 3 rings (SSSR count). The summed E-state index contributed by atoms with van der Waals surface area (Å²) in [6.45, 7) is 5.33. The average Bonchev–Trinajstić information content (AvgIpc) is 2.50. The van der Waals surface area contributed by atoms with Crippen molar-refractivity contribution in [2.24, 2.45) is 0 Å². The summed E-state index contributed by atoms with van der Waals surface area (Å²) in [4.78, 5) is 0. The van der Waals surface area contributed by atoms with Crippen LogP contribution in [0, 0.1) is 13.8 Å². The first-order valence-electron chi connectivity index (χ1n) is 7.31. The van der Waals surface area contributed by atoms with Crippen LogP contribution in [0.4, 0.5) is 0 Å². The van der Waals surface area contributed by atoms with Crippen LogP contribution in [0.5, 0.6) is 0 Å². The number of allylic oxidation sites excluding steroid dienone is 1. The van der Waals surface area contributed by atoms with Gasteiger partial charge in [0.05, 0.1) is 0 Å². The van der Waals surface area contributed by atoms with Crippen LogP contribution in [0.1, 0.15) is 34.2 Å². The van der Waals surface area contributed by atoms with E-state index in [1.54, 1.807) is 0 Å². The van der Waals surface area contributed by atoms with Crippen LogP contribution in [0.3, 0.4) is 0 Å². The standard InChI is InChI=1S/C19H21N/c1-14-8-9-15(2)19-12-17(10-11-18(14)19)20-13-16-6-4-3-5-7-16/h3-9,12,20H,10-11,13H2,1-2H3. The van der Waals surface area contributed by atoms with Crippen molar-refractivity contribution >= 4 is 6.08 Å². The molecule has 0 saturated heterocycles. The van der Waals surface area contributed by atoms with Gasteiger partial charge in [0.1, 0.15) is 0 Å². The van der Waals surface area contributed by atoms with Crippen molar-refractivity contribution in [3.63, 3.8) is 0 Å². The summed E-state index contributed by atoms with van der Waals surface area (Å²) in [7, 11) is 0. The van der Waals surface area contributed by atoms with E-state index in [4.69, 9.17) is 0 Å². The highest BCUT2D eigenvalue weighted by atomic mass is 14.9. The fraction of sp³-hybridized carbons (Fsp3) is 0.263. The molecule has 0 spiro atoms. The van der Waals surface area contributed by atoms with E-state index in [1.807, 2.05) is 0 Å². The minimum atomic E-state index is 0.910. The van der Waals surface area contributed by atoms with Gasteiger partial charge in [0, 0.05) is 12.2 Å². The summed E-state index contributed by atoms with van der Waals surface area (Å²) in [5, 5.41) is 3.59. The van der Waals surface area contributed by atoms with Crippen LogP contribution >= 0.6 is 0 Å². The summed E-state index contributed by atoms with van der Waals surface area (Å²) >= 11 is 0. The van der Waals surface area contributed by atoms with Crippen LogP contribution in [0.25, 0.3) is 6.08 Å². The van der Waals surface area contributed by atoms with E-state index in [2.05, 4.69) is 67.7 Å². The van der Waals surface area contributed by atoms with E-state index < -0.39 is 0 Å². The number of hydrogen-bond donors (Lipinski definition) is 1. The normalized spacial score (nSPS) is 13.6. The first-order valence-corrected chi connectivity index (χ1v) is 7.31. The highest BCUT2D eigenvalue weighted by Crippen LogP contribution is 2.28. The van der Waals surface area contributed by atoms with Gasteiger partial charge in [-0.15, -0.1) is 0 Å². The first kappa shape index (κ1) is 13.0. The van der Waals surface area contributed by atoms with Gasteiger partial charge in [-0.05, 0) is 60.6 Å². The molecule has 0 fully saturated rings. The van der Waals surface area contributed by atoms with Crippen LogP contribution in [0.15, 0.2) is 48.2 Å². The van der Waals surface area contributed by atoms with E-state index in [-0.39, 0.29) is 0 Å². The molecular weight excluding hydrogens is 242 g/mol. The van der Waals surface area contributed by atoms with Gasteiger partial charge < -0.3 is 5.32 Å². The molecule has 0 radical (unpaired) electrons. The van der Waals surface area contributed by atoms with Crippen molar-refractivity contribution < 1.29 is 0 Å². The lowest BCUT2D eigenvalue weighted by atomic mass is 9.89. The maximum atomic E-state index is 3.59. The highest BCUT2D eigenvalue weighted by molar-refractivity contribution is 5.64. The molecule has 1 heteroatoms. The SMILES string of the molecule is Cc1ccc(C)c2c1C=C(NCc1ccccc1)CC2. The van der Waals surface area contributed by atoms with Gasteiger partial charge in [-0.2, -0.15) is 0 Å². The van der Waals surface area contributed by atoms with Gasteiger partial charge in [-0.3, -0.25) is 0 Å². The molecule has 0 aliphatic heterocycles. The molecule has 0 heterocycles. The molecule has 2 aromatic rings. The van der Waals surface area contributed by atoms with Crippen LogP contribution in [0.2, 0.25) is 0 Å². The third-order valence-electron chi connectivity index (χ3n) is 4.13. The van der Waals surface area contributed by atoms with Gasteiger partial charge in [-0.25, -0.2) is 0 Å². The van der Waals surface area contributed by atoms with Gasteiger partial charge in [0.2, 0.25) is 0 Å². The van der Waals surface area contributed by atoms with Gasteiger partial charge >= 0.3 is 0 Å². The van der Waals surface area contributed by atoms with Crippen molar-refractivity contribution in [3.8, 4) is 0 Å². The predicted octanol–water partition coefficient (Wildman–Crippen LogP) is 4.38. The molecule has 0 saturated carbocycles. The second-order valence-corrected chi connectivity index (χ2v) is 5.60. The number of nitrogens with one attached hydrogen (secondary N) is 1. The molecule has 1 aliphatic rings. The van der Waals surface area contributed by atoms with Crippen LogP contribution in [-0.4, -0.2) is 0 Å². The van der Waals surface area contributed by atoms with Gasteiger partial charge in [-0.1, -0.05) is 42.5 Å². The van der Waals surface area contributed by atoms with Gasteiger partial charge in [0.25, 0.3) is 0 Å². The Morgan fingerprint density at radius 1 is 0.900 bits per heavy atom. The Labute approximate surface area is 121 Å². The van der Waals surface area contributed by atoms with E-state index in [1.165, 1.54) is 33.5 Å². The van der Waals surface area contributed by atoms with Gasteiger partial charge in [0.15, 0.2) is 0 Å². The molecule has 1 N–H and O–H groups in total. The van der Waals surface area contributed by atoms with Crippen LogP contribution in [-0.2, 0) is 13.0 Å². The topological polar surface area (TPSA) is 12.0 Å². The Hall–Kier alpha value is -2.02. The lowest BCUT2D eigenvalue weighted by molar-refractivity contribution is 0.742. The molecule has 0 aromatic heterocycles. The summed E-state index contributed by atoms with van der Waals surface area (Å²) in [6, 6.07) is 15.0. The number of benzene rings is 2. The number of hydrogen-bond acceptors (Lipinski definition) is 1. The third-order valence-corrected chi connectivity index (χ3v) is 4.13. The highest BCUT2D eigenvalue weighted by Gasteiger charge is 2.13. The Balaban J connectivity index is 1.79. The molecule has 0 bridgehead atoms. The number of aryl methyl sites for hydroxylation is 2. The van der Waals surface area contributed by atoms with E-state index in [9.17, 15) is 0 Å². The smallest absolute Gasteiger partial charge is 0.0397 e. The summed E-state index contributed by atoms with van der Waals surface area (Å²) in [5.41, 5.74) is 8.44. The maximum absolute atomic E-state index is 3.59. The molecule has 0 amide bonds. The van der Waals surface area contributed by atoms with Crippen molar-refractivity contribution in [2.45, 2.75) is 33.2 Å². The fourth-order valence-corrected chi connectivity index (χ4v) is 2.88. The zero-order valence-electron chi connectivity index (χ0n) is 12.2.